The fourth-order valence-corrected chi connectivity index (χ4v) is 2.15. The molecule has 0 fully saturated rings. The van der Waals surface area contributed by atoms with Crippen molar-refractivity contribution in [2.75, 3.05) is 13.2 Å². The van der Waals surface area contributed by atoms with Crippen LogP contribution < -0.4 is 4.74 Å². The summed E-state index contributed by atoms with van der Waals surface area (Å²) in [7, 11) is 0. The maximum absolute atomic E-state index is 8.87. The highest BCUT2D eigenvalue weighted by atomic mass is 16.5. The van der Waals surface area contributed by atoms with E-state index in [1.807, 2.05) is 39.0 Å². The maximum Gasteiger partial charge on any atom is 0.119 e. The molecule has 0 saturated heterocycles. The minimum absolute atomic E-state index is 0.131. The molecular weight excluding hydrogens is 242 g/mol. The van der Waals surface area contributed by atoms with Gasteiger partial charge in [0, 0.05) is 5.56 Å². The number of ether oxygens (including phenoxy) is 2. The van der Waals surface area contributed by atoms with Crippen molar-refractivity contribution in [3.63, 3.8) is 0 Å². The topological polar surface area (TPSA) is 51.0 Å². The van der Waals surface area contributed by atoms with E-state index in [2.05, 4.69) is 5.16 Å². The highest BCUT2D eigenvalue weighted by Crippen LogP contribution is 2.26. The van der Waals surface area contributed by atoms with Crippen LogP contribution in [0.2, 0.25) is 0 Å². The van der Waals surface area contributed by atoms with Crippen LogP contribution >= 0.6 is 0 Å². The van der Waals surface area contributed by atoms with Crippen molar-refractivity contribution in [1.29, 1.82) is 0 Å². The van der Waals surface area contributed by atoms with Crippen molar-refractivity contribution in [3.05, 3.63) is 29.3 Å². The average molecular weight is 263 g/mol. The number of oxime groups is 1. The van der Waals surface area contributed by atoms with Gasteiger partial charge in [0.15, 0.2) is 0 Å². The van der Waals surface area contributed by atoms with Crippen LogP contribution in [0.3, 0.4) is 0 Å². The third-order valence-corrected chi connectivity index (χ3v) is 3.03. The van der Waals surface area contributed by atoms with Crippen molar-refractivity contribution in [1.82, 2.24) is 0 Å². The molecule has 104 valence electrons. The fraction of sp³-hybridized carbons (Fsp3) is 0.533. The molecule has 0 aliphatic heterocycles. The zero-order valence-electron chi connectivity index (χ0n) is 11.8. The van der Waals surface area contributed by atoms with Crippen LogP contribution in [-0.2, 0) is 11.2 Å². The molecule has 0 spiro atoms. The van der Waals surface area contributed by atoms with Crippen molar-refractivity contribution in [2.45, 2.75) is 39.2 Å². The summed E-state index contributed by atoms with van der Waals surface area (Å²) >= 11 is 0. The van der Waals surface area contributed by atoms with Crippen molar-refractivity contribution in [3.8, 4) is 5.75 Å². The molecule has 2 rings (SSSR count). The normalized spacial score (nSPS) is 16.7. The lowest BCUT2D eigenvalue weighted by Crippen LogP contribution is -2.22. The van der Waals surface area contributed by atoms with E-state index in [9.17, 15) is 0 Å². The van der Waals surface area contributed by atoms with Gasteiger partial charge in [-0.15, -0.1) is 0 Å². The molecule has 0 bridgehead atoms. The first kappa shape index (κ1) is 13.9. The Kier molecular flexibility index (Phi) is 4.10. The number of fused-ring (bicyclic) bond motifs is 1. The number of nitrogens with zero attached hydrogens (tertiary/aromatic N) is 1. The summed E-state index contributed by atoms with van der Waals surface area (Å²) < 4.78 is 11.3. The predicted octanol–water partition coefficient (Wildman–Crippen LogP) is 3.01. The lowest BCUT2D eigenvalue weighted by atomic mass is 10.1. The quantitative estimate of drug-likeness (QED) is 0.516. The number of rotatable bonds is 4. The zero-order chi connectivity index (χ0) is 13.9. The SMILES string of the molecule is CC(C)(C)OCCOc1ccc2c(c1)CC/C2=N\O. The first-order valence-electron chi connectivity index (χ1n) is 6.60. The molecule has 1 aromatic rings. The van der Waals surface area contributed by atoms with E-state index >= 15 is 0 Å². The van der Waals surface area contributed by atoms with Gasteiger partial charge in [0.2, 0.25) is 0 Å². The minimum Gasteiger partial charge on any atom is -0.491 e. The van der Waals surface area contributed by atoms with Gasteiger partial charge in [-0.05, 0) is 57.4 Å². The Morgan fingerprint density at radius 1 is 1.21 bits per heavy atom. The Bertz CT molecular complexity index is 475. The molecule has 0 heterocycles. The molecule has 0 unspecified atom stereocenters. The summed E-state index contributed by atoms with van der Waals surface area (Å²) in [4.78, 5) is 0. The first-order valence-corrected chi connectivity index (χ1v) is 6.60. The lowest BCUT2D eigenvalue weighted by Gasteiger charge is -2.19. The summed E-state index contributed by atoms with van der Waals surface area (Å²) in [6.07, 6.45) is 1.70. The molecule has 0 radical (unpaired) electrons. The largest absolute Gasteiger partial charge is 0.491 e. The zero-order valence-corrected chi connectivity index (χ0v) is 11.8. The molecule has 1 aliphatic carbocycles. The Labute approximate surface area is 114 Å². The summed E-state index contributed by atoms with van der Waals surface area (Å²) in [6, 6.07) is 5.88. The molecule has 1 aliphatic rings. The van der Waals surface area contributed by atoms with Gasteiger partial charge < -0.3 is 14.7 Å². The smallest absolute Gasteiger partial charge is 0.119 e. The summed E-state index contributed by atoms with van der Waals surface area (Å²) in [5.41, 5.74) is 2.84. The van der Waals surface area contributed by atoms with E-state index in [1.54, 1.807) is 0 Å². The fourth-order valence-electron chi connectivity index (χ4n) is 2.15. The second-order valence-corrected chi connectivity index (χ2v) is 5.67. The molecular formula is C15H21NO3. The molecule has 4 heteroatoms. The van der Waals surface area contributed by atoms with Gasteiger partial charge >= 0.3 is 0 Å². The number of hydrogen-bond donors (Lipinski definition) is 1. The Balaban J connectivity index is 1.90. The number of benzene rings is 1. The van der Waals surface area contributed by atoms with Gasteiger partial charge in [0.05, 0.1) is 17.9 Å². The third kappa shape index (κ3) is 3.70. The van der Waals surface area contributed by atoms with Gasteiger partial charge in [-0.3, -0.25) is 0 Å². The second-order valence-electron chi connectivity index (χ2n) is 5.67. The first-order chi connectivity index (χ1) is 8.99. The highest BCUT2D eigenvalue weighted by molar-refractivity contribution is 6.04. The van der Waals surface area contributed by atoms with E-state index in [1.165, 1.54) is 5.56 Å². The molecule has 1 aromatic carbocycles. The van der Waals surface area contributed by atoms with Crippen molar-refractivity contribution < 1.29 is 14.7 Å². The van der Waals surface area contributed by atoms with Crippen LogP contribution in [0.25, 0.3) is 0 Å². The van der Waals surface area contributed by atoms with E-state index < -0.39 is 0 Å². The van der Waals surface area contributed by atoms with E-state index in [4.69, 9.17) is 14.7 Å². The van der Waals surface area contributed by atoms with Crippen LogP contribution in [0.5, 0.6) is 5.75 Å². The van der Waals surface area contributed by atoms with Gasteiger partial charge in [-0.2, -0.15) is 0 Å². The van der Waals surface area contributed by atoms with Crippen LogP contribution in [0, 0.1) is 0 Å². The van der Waals surface area contributed by atoms with Crippen molar-refractivity contribution in [2.24, 2.45) is 5.16 Å². The molecule has 4 nitrogen and oxygen atoms in total. The van der Waals surface area contributed by atoms with Gasteiger partial charge in [-0.1, -0.05) is 5.16 Å². The average Bonchev–Trinajstić information content (AvgIpc) is 2.75. The summed E-state index contributed by atoms with van der Waals surface area (Å²) in [5, 5.41) is 12.2. The summed E-state index contributed by atoms with van der Waals surface area (Å²) in [5.74, 6) is 0.843. The Morgan fingerprint density at radius 3 is 2.68 bits per heavy atom. The number of hydrogen-bond acceptors (Lipinski definition) is 4. The van der Waals surface area contributed by atoms with E-state index in [0.717, 1.165) is 29.9 Å². The lowest BCUT2D eigenvalue weighted by molar-refractivity contribution is -0.0163. The molecule has 0 atom stereocenters. The van der Waals surface area contributed by atoms with Gasteiger partial charge in [0.1, 0.15) is 12.4 Å². The Hall–Kier alpha value is -1.55. The van der Waals surface area contributed by atoms with Crippen molar-refractivity contribution >= 4 is 5.71 Å². The van der Waals surface area contributed by atoms with Gasteiger partial charge in [-0.25, -0.2) is 0 Å². The molecule has 19 heavy (non-hydrogen) atoms. The Morgan fingerprint density at radius 2 is 2.00 bits per heavy atom. The second kappa shape index (κ2) is 5.61. The third-order valence-electron chi connectivity index (χ3n) is 3.03. The molecule has 1 N–H and O–H groups in total. The monoisotopic (exact) mass is 263 g/mol. The minimum atomic E-state index is -0.131. The van der Waals surface area contributed by atoms with Crippen LogP contribution in [0.4, 0.5) is 0 Å². The molecule has 0 saturated carbocycles. The standard InChI is InChI=1S/C15H21NO3/c1-15(2,3)19-9-8-18-12-5-6-13-11(10-12)4-7-14(13)16-17/h5-6,10,17H,4,7-9H2,1-3H3/b16-14+. The van der Waals surface area contributed by atoms with Crippen LogP contribution in [0.15, 0.2) is 23.4 Å². The number of aryl methyl sites for hydroxylation is 1. The summed E-state index contributed by atoms with van der Waals surface area (Å²) in [6.45, 7) is 7.19. The van der Waals surface area contributed by atoms with Crippen LogP contribution in [-0.4, -0.2) is 29.7 Å². The highest BCUT2D eigenvalue weighted by Gasteiger charge is 2.18. The maximum atomic E-state index is 8.87. The van der Waals surface area contributed by atoms with Gasteiger partial charge in [0.25, 0.3) is 0 Å². The van der Waals surface area contributed by atoms with E-state index in [0.29, 0.717) is 13.2 Å². The molecule has 0 aromatic heterocycles. The van der Waals surface area contributed by atoms with E-state index in [-0.39, 0.29) is 5.60 Å². The van der Waals surface area contributed by atoms with Crippen LogP contribution in [0.1, 0.15) is 38.3 Å². The predicted molar refractivity (Wildman–Crippen MR) is 74.3 cm³/mol. The molecule has 0 amide bonds.